The molecule has 0 saturated carbocycles. The Labute approximate surface area is 105 Å². The number of aromatic nitrogens is 1. The summed E-state index contributed by atoms with van der Waals surface area (Å²) in [6.45, 7) is 9.67. The van der Waals surface area contributed by atoms with Gasteiger partial charge in [-0.15, -0.1) is 0 Å². The van der Waals surface area contributed by atoms with Crippen LogP contribution >= 0.6 is 0 Å². The molecule has 0 fully saturated rings. The van der Waals surface area contributed by atoms with Crippen LogP contribution in [0.15, 0.2) is 18.3 Å². The van der Waals surface area contributed by atoms with Crippen LogP contribution in [0, 0.1) is 5.92 Å². The summed E-state index contributed by atoms with van der Waals surface area (Å²) in [7, 11) is 2.10. The minimum absolute atomic E-state index is 0.656. The number of pyridine rings is 1. The smallest absolute Gasteiger partial charge is 0.128 e. The van der Waals surface area contributed by atoms with E-state index in [4.69, 9.17) is 0 Å². The molecule has 3 heteroatoms. The predicted molar refractivity (Wildman–Crippen MR) is 74.3 cm³/mol. The topological polar surface area (TPSA) is 28.2 Å². The molecule has 0 aliphatic carbocycles. The van der Waals surface area contributed by atoms with Gasteiger partial charge in [-0.2, -0.15) is 0 Å². The molecule has 0 spiro atoms. The van der Waals surface area contributed by atoms with Gasteiger partial charge in [0.05, 0.1) is 0 Å². The second-order valence-corrected chi connectivity index (χ2v) is 4.97. The van der Waals surface area contributed by atoms with Crippen molar-refractivity contribution in [3.8, 4) is 0 Å². The fourth-order valence-corrected chi connectivity index (χ4v) is 1.83. The lowest BCUT2D eigenvalue weighted by molar-refractivity contribution is 0.633. The second kappa shape index (κ2) is 7.28. The highest BCUT2D eigenvalue weighted by molar-refractivity contribution is 5.40. The zero-order valence-corrected chi connectivity index (χ0v) is 11.5. The van der Waals surface area contributed by atoms with E-state index in [1.54, 1.807) is 0 Å². The zero-order valence-electron chi connectivity index (χ0n) is 11.5. The molecule has 0 bridgehead atoms. The van der Waals surface area contributed by atoms with Gasteiger partial charge in [0.15, 0.2) is 0 Å². The fourth-order valence-electron chi connectivity index (χ4n) is 1.83. The van der Waals surface area contributed by atoms with Gasteiger partial charge in [0, 0.05) is 26.3 Å². The fraction of sp³-hybridized carbons (Fsp3) is 0.643. The van der Waals surface area contributed by atoms with Crippen molar-refractivity contribution in [2.45, 2.75) is 33.7 Å². The van der Waals surface area contributed by atoms with Crippen LogP contribution in [-0.2, 0) is 6.54 Å². The maximum atomic E-state index is 4.42. The quantitative estimate of drug-likeness (QED) is 0.736. The predicted octanol–water partition coefficient (Wildman–Crippen LogP) is 2.67. The lowest BCUT2D eigenvalue weighted by Crippen LogP contribution is -2.23. The average Bonchev–Trinajstić information content (AvgIpc) is 2.29. The lowest BCUT2D eigenvalue weighted by Gasteiger charge is -2.20. The van der Waals surface area contributed by atoms with E-state index in [9.17, 15) is 0 Å². The molecule has 1 N–H and O–H groups in total. The third kappa shape index (κ3) is 5.18. The first-order valence-corrected chi connectivity index (χ1v) is 6.50. The first-order valence-electron chi connectivity index (χ1n) is 6.50. The van der Waals surface area contributed by atoms with Gasteiger partial charge in [-0.1, -0.05) is 20.8 Å². The van der Waals surface area contributed by atoms with E-state index in [2.05, 4.69) is 55.2 Å². The summed E-state index contributed by atoms with van der Waals surface area (Å²) in [5.41, 5.74) is 1.30. The number of nitrogens with one attached hydrogen (secondary N) is 1. The molecule has 0 unspecified atom stereocenters. The maximum Gasteiger partial charge on any atom is 0.128 e. The molecule has 1 aromatic heterocycles. The Balaban J connectivity index is 2.58. The number of rotatable bonds is 7. The summed E-state index contributed by atoms with van der Waals surface area (Å²) < 4.78 is 0. The molecule has 17 heavy (non-hydrogen) atoms. The van der Waals surface area contributed by atoms with Crippen LogP contribution < -0.4 is 10.2 Å². The van der Waals surface area contributed by atoms with E-state index < -0.39 is 0 Å². The maximum absolute atomic E-state index is 4.42. The van der Waals surface area contributed by atoms with Crippen molar-refractivity contribution in [2.24, 2.45) is 5.92 Å². The minimum Gasteiger partial charge on any atom is -0.359 e. The van der Waals surface area contributed by atoms with Crippen molar-refractivity contribution in [2.75, 3.05) is 25.0 Å². The largest absolute Gasteiger partial charge is 0.359 e. The van der Waals surface area contributed by atoms with Gasteiger partial charge in [0.25, 0.3) is 0 Å². The second-order valence-electron chi connectivity index (χ2n) is 4.97. The van der Waals surface area contributed by atoms with Crippen molar-refractivity contribution in [1.29, 1.82) is 0 Å². The van der Waals surface area contributed by atoms with Gasteiger partial charge < -0.3 is 10.2 Å². The molecule has 1 aromatic rings. The van der Waals surface area contributed by atoms with Crippen molar-refractivity contribution < 1.29 is 0 Å². The van der Waals surface area contributed by atoms with Crippen molar-refractivity contribution in [1.82, 2.24) is 10.3 Å². The van der Waals surface area contributed by atoms with E-state index in [-0.39, 0.29) is 0 Å². The van der Waals surface area contributed by atoms with E-state index in [1.807, 2.05) is 6.20 Å². The van der Waals surface area contributed by atoms with Crippen LogP contribution in [0.1, 0.15) is 32.8 Å². The van der Waals surface area contributed by atoms with Crippen molar-refractivity contribution in [3.63, 3.8) is 0 Å². The number of hydrogen-bond acceptors (Lipinski definition) is 3. The third-order valence-electron chi connectivity index (χ3n) is 2.60. The Morgan fingerprint density at radius 1 is 1.41 bits per heavy atom. The number of anilines is 1. The molecule has 3 nitrogen and oxygen atoms in total. The van der Waals surface area contributed by atoms with Crippen LogP contribution in [0.5, 0.6) is 0 Å². The Bertz CT molecular complexity index is 323. The van der Waals surface area contributed by atoms with Gasteiger partial charge in [0.2, 0.25) is 0 Å². The first-order chi connectivity index (χ1) is 8.13. The molecule has 0 amide bonds. The Morgan fingerprint density at radius 3 is 2.82 bits per heavy atom. The van der Waals surface area contributed by atoms with E-state index in [0.717, 1.165) is 25.5 Å². The summed E-state index contributed by atoms with van der Waals surface area (Å²) in [5.74, 6) is 1.72. The molecule has 0 aliphatic heterocycles. The summed E-state index contributed by atoms with van der Waals surface area (Å²) in [6, 6.07) is 4.25. The summed E-state index contributed by atoms with van der Waals surface area (Å²) in [4.78, 5) is 6.64. The van der Waals surface area contributed by atoms with Gasteiger partial charge in [-0.25, -0.2) is 4.98 Å². The van der Waals surface area contributed by atoms with Gasteiger partial charge in [0.1, 0.15) is 5.82 Å². The molecule has 0 radical (unpaired) electrons. The molecular formula is C14H25N3. The van der Waals surface area contributed by atoms with Crippen molar-refractivity contribution in [3.05, 3.63) is 23.9 Å². The highest BCUT2D eigenvalue weighted by Gasteiger charge is 2.05. The van der Waals surface area contributed by atoms with Crippen LogP contribution in [0.2, 0.25) is 0 Å². The number of hydrogen-bond donors (Lipinski definition) is 1. The van der Waals surface area contributed by atoms with Gasteiger partial charge in [-0.05, 0) is 36.6 Å². The van der Waals surface area contributed by atoms with Crippen LogP contribution in [-0.4, -0.2) is 25.1 Å². The van der Waals surface area contributed by atoms with Crippen LogP contribution in [0.25, 0.3) is 0 Å². The SMILES string of the molecule is CCCNCc1ccnc(N(C)CC(C)C)c1. The number of nitrogens with zero attached hydrogens (tertiary/aromatic N) is 2. The molecular weight excluding hydrogens is 210 g/mol. The summed E-state index contributed by atoms with van der Waals surface area (Å²) in [6.07, 6.45) is 3.07. The average molecular weight is 235 g/mol. The van der Waals surface area contributed by atoms with Gasteiger partial charge in [-0.3, -0.25) is 0 Å². The van der Waals surface area contributed by atoms with E-state index >= 15 is 0 Å². The summed E-state index contributed by atoms with van der Waals surface area (Å²) >= 11 is 0. The highest BCUT2D eigenvalue weighted by Crippen LogP contribution is 2.12. The Kier molecular flexibility index (Phi) is 5.98. The third-order valence-corrected chi connectivity index (χ3v) is 2.60. The van der Waals surface area contributed by atoms with E-state index in [1.165, 1.54) is 12.0 Å². The van der Waals surface area contributed by atoms with Crippen LogP contribution in [0.3, 0.4) is 0 Å². The zero-order chi connectivity index (χ0) is 12.7. The highest BCUT2D eigenvalue weighted by atomic mass is 15.2. The monoisotopic (exact) mass is 235 g/mol. The Morgan fingerprint density at radius 2 is 2.18 bits per heavy atom. The molecule has 1 heterocycles. The Hall–Kier alpha value is -1.09. The molecule has 0 atom stereocenters. The normalized spacial score (nSPS) is 10.9. The minimum atomic E-state index is 0.656. The first kappa shape index (κ1) is 14.0. The van der Waals surface area contributed by atoms with E-state index in [0.29, 0.717) is 5.92 Å². The molecule has 0 aromatic carbocycles. The molecule has 1 rings (SSSR count). The van der Waals surface area contributed by atoms with Gasteiger partial charge >= 0.3 is 0 Å². The molecule has 0 aliphatic rings. The van der Waals surface area contributed by atoms with Crippen LogP contribution in [0.4, 0.5) is 5.82 Å². The standard InChI is InChI=1S/C14H25N3/c1-5-7-15-10-13-6-8-16-14(9-13)17(4)11-12(2)3/h6,8-9,12,15H,5,7,10-11H2,1-4H3. The molecule has 96 valence electrons. The molecule has 0 saturated heterocycles. The summed E-state index contributed by atoms with van der Waals surface area (Å²) in [5, 5.41) is 3.41. The lowest BCUT2D eigenvalue weighted by atomic mass is 10.2. The van der Waals surface area contributed by atoms with Crippen molar-refractivity contribution >= 4 is 5.82 Å².